The predicted octanol–water partition coefficient (Wildman–Crippen LogP) is 0.713. The zero-order chi connectivity index (χ0) is 14.0. The summed E-state index contributed by atoms with van der Waals surface area (Å²) >= 11 is 6.72. The Morgan fingerprint density at radius 3 is 2.28 bits per heavy atom. The van der Waals surface area contributed by atoms with Crippen LogP contribution >= 0.6 is 24.0 Å². The molecule has 18 heavy (non-hydrogen) atoms. The van der Waals surface area contributed by atoms with Crippen molar-refractivity contribution < 1.29 is 8.42 Å². The van der Waals surface area contributed by atoms with Gasteiger partial charge in [0.15, 0.2) is 0 Å². The van der Waals surface area contributed by atoms with Gasteiger partial charge in [-0.3, -0.25) is 0 Å². The quantitative estimate of drug-likeness (QED) is 0.732. The largest absolute Gasteiger partial charge is 0.392 e. The molecular formula is C10H21N3O2S3. The molecule has 1 aliphatic heterocycles. The molecule has 3 N–H and O–H groups in total. The van der Waals surface area contributed by atoms with E-state index in [-0.39, 0.29) is 10.8 Å². The molecule has 1 saturated heterocycles. The Balaban J connectivity index is 2.72. The molecule has 106 valence electrons. The topological polar surface area (TPSA) is 75.4 Å². The van der Waals surface area contributed by atoms with E-state index in [0.717, 1.165) is 0 Å². The van der Waals surface area contributed by atoms with Gasteiger partial charge in [-0.2, -0.15) is 29.2 Å². The van der Waals surface area contributed by atoms with Crippen molar-refractivity contribution in [3.63, 3.8) is 0 Å². The van der Waals surface area contributed by atoms with Crippen LogP contribution in [-0.2, 0) is 10.2 Å². The van der Waals surface area contributed by atoms with Gasteiger partial charge in [-0.25, -0.2) is 0 Å². The van der Waals surface area contributed by atoms with Gasteiger partial charge >= 0.3 is 0 Å². The molecule has 0 spiro atoms. The van der Waals surface area contributed by atoms with E-state index in [1.807, 2.05) is 20.1 Å². The molecule has 0 amide bonds. The average Bonchev–Trinajstić information content (AvgIpc) is 2.27. The standard InChI is InChI=1S/C10H21N3O2S3/c1-8(2)12-18(14,15)13-6-4-10(17-3,5-7-13)9(11)16/h8,12H,4-7H2,1-3H3,(H2,11,16). The molecule has 0 aliphatic carbocycles. The molecule has 0 radical (unpaired) electrons. The molecule has 0 atom stereocenters. The van der Waals surface area contributed by atoms with Crippen LogP contribution in [0, 0.1) is 0 Å². The fourth-order valence-corrected chi connectivity index (χ4v) is 4.67. The second kappa shape index (κ2) is 6.04. The van der Waals surface area contributed by atoms with E-state index >= 15 is 0 Å². The summed E-state index contributed by atoms with van der Waals surface area (Å²) in [5.74, 6) is 0. The zero-order valence-corrected chi connectivity index (χ0v) is 13.4. The van der Waals surface area contributed by atoms with Gasteiger partial charge < -0.3 is 5.73 Å². The smallest absolute Gasteiger partial charge is 0.279 e. The van der Waals surface area contributed by atoms with E-state index in [9.17, 15) is 8.42 Å². The Labute approximate surface area is 119 Å². The van der Waals surface area contributed by atoms with Gasteiger partial charge in [0.2, 0.25) is 0 Å². The number of hydrogen-bond acceptors (Lipinski definition) is 4. The highest BCUT2D eigenvalue weighted by Crippen LogP contribution is 2.35. The Morgan fingerprint density at radius 1 is 1.44 bits per heavy atom. The highest BCUT2D eigenvalue weighted by atomic mass is 32.2. The highest BCUT2D eigenvalue weighted by molar-refractivity contribution is 8.02. The number of hydrogen-bond donors (Lipinski definition) is 2. The Hall–Kier alpha value is 0.110. The van der Waals surface area contributed by atoms with Crippen LogP contribution in [0.4, 0.5) is 0 Å². The second-order valence-electron chi connectivity index (χ2n) is 4.74. The lowest BCUT2D eigenvalue weighted by atomic mass is 9.97. The first-order chi connectivity index (χ1) is 8.23. The monoisotopic (exact) mass is 311 g/mol. The molecule has 8 heteroatoms. The maximum absolute atomic E-state index is 12.0. The lowest BCUT2D eigenvalue weighted by Crippen LogP contribution is -2.53. The molecule has 1 rings (SSSR count). The summed E-state index contributed by atoms with van der Waals surface area (Å²) in [7, 11) is -3.38. The molecule has 1 heterocycles. The van der Waals surface area contributed by atoms with Crippen molar-refractivity contribution >= 4 is 39.2 Å². The fraction of sp³-hybridized carbons (Fsp3) is 0.900. The van der Waals surface area contributed by atoms with Crippen LogP contribution in [0.15, 0.2) is 0 Å². The van der Waals surface area contributed by atoms with Crippen LogP contribution in [0.1, 0.15) is 26.7 Å². The number of rotatable bonds is 5. The van der Waals surface area contributed by atoms with Crippen molar-refractivity contribution in [2.24, 2.45) is 5.73 Å². The van der Waals surface area contributed by atoms with Crippen LogP contribution in [0.2, 0.25) is 0 Å². The fourth-order valence-electron chi connectivity index (χ4n) is 2.01. The van der Waals surface area contributed by atoms with Gasteiger partial charge in [-0.15, -0.1) is 0 Å². The second-order valence-corrected chi connectivity index (χ2v) is 8.07. The van der Waals surface area contributed by atoms with Crippen LogP contribution in [-0.4, -0.2) is 47.8 Å². The van der Waals surface area contributed by atoms with Gasteiger partial charge in [-0.05, 0) is 32.9 Å². The maximum Gasteiger partial charge on any atom is 0.279 e. The summed E-state index contributed by atoms with van der Waals surface area (Å²) in [5.41, 5.74) is 5.77. The summed E-state index contributed by atoms with van der Waals surface area (Å²) in [6.07, 6.45) is 3.31. The Bertz CT molecular complexity index is 401. The zero-order valence-electron chi connectivity index (χ0n) is 11.0. The summed E-state index contributed by atoms with van der Waals surface area (Å²) in [4.78, 5) is 0.476. The summed E-state index contributed by atoms with van der Waals surface area (Å²) in [6, 6.07) is -0.0992. The first-order valence-electron chi connectivity index (χ1n) is 5.86. The van der Waals surface area contributed by atoms with Crippen molar-refractivity contribution in [1.82, 2.24) is 9.03 Å². The number of thioether (sulfide) groups is 1. The highest BCUT2D eigenvalue weighted by Gasteiger charge is 2.39. The van der Waals surface area contributed by atoms with Crippen LogP contribution < -0.4 is 10.5 Å². The molecular weight excluding hydrogens is 290 g/mol. The molecule has 1 fully saturated rings. The van der Waals surface area contributed by atoms with Gasteiger partial charge in [-0.1, -0.05) is 12.2 Å². The molecule has 0 bridgehead atoms. The third-order valence-electron chi connectivity index (χ3n) is 3.09. The minimum absolute atomic E-state index is 0.0992. The minimum atomic E-state index is -3.38. The van der Waals surface area contributed by atoms with Crippen molar-refractivity contribution in [3.8, 4) is 0 Å². The number of nitrogens with one attached hydrogen (secondary N) is 1. The molecule has 0 aromatic heterocycles. The number of piperidine rings is 1. The number of nitrogens with two attached hydrogens (primary N) is 1. The minimum Gasteiger partial charge on any atom is -0.392 e. The first-order valence-corrected chi connectivity index (χ1v) is 8.93. The lowest BCUT2D eigenvalue weighted by molar-refractivity contribution is 0.327. The van der Waals surface area contributed by atoms with E-state index in [4.69, 9.17) is 18.0 Å². The average molecular weight is 311 g/mol. The van der Waals surface area contributed by atoms with E-state index < -0.39 is 10.2 Å². The van der Waals surface area contributed by atoms with Crippen LogP contribution in [0.3, 0.4) is 0 Å². The van der Waals surface area contributed by atoms with Gasteiger partial charge in [0.25, 0.3) is 10.2 Å². The van der Waals surface area contributed by atoms with Crippen molar-refractivity contribution in [2.45, 2.75) is 37.5 Å². The SMILES string of the molecule is CSC1(C(N)=S)CCN(S(=O)(=O)NC(C)C)CC1. The third kappa shape index (κ3) is 3.57. The predicted molar refractivity (Wildman–Crippen MR) is 81.0 cm³/mol. The third-order valence-corrected chi connectivity index (χ3v) is 6.84. The van der Waals surface area contributed by atoms with Gasteiger partial charge in [0.05, 0.1) is 9.74 Å². The van der Waals surface area contributed by atoms with E-state index in [2.05, 4.69) is 4.72 Å². The van der Waals surface area contributed by atoms with E-state index in [1.54, 1.807) is 11.8 Å². The summed E-state index contributed by atoms with van der Waals surface area (Å²) in [5, 5.41) is 0. The van der Waals surface area contributed by atoms with Crippen molar-refractivity contribution in [2.75, 3.05) is 19.3 Å². The van der Waals surface area contributed by atoms with Crippen molar-refractivity contribution in [3.05, 3.63) is 0 Å². The van der Waals surface area contributed by atoms with Crippen molar-refractivity contribution in [1.29, 1.82) is 0 Å². The van der Waals surface area contributed by atoms with Crippen LogP contribution in [0.5, 0.6) is 0 Å². The van der Waals surface area contributed by atoms with Crippen LogP contribution in [0.25, 0.3) is 0 Å². The summed E-state index contributed by atoms with van der Waals surface area (Å²) < 4.78 is 27.8. The summed E-state index contributed by atoms with van der Waals surface area (Å²) in [6.45, 7) is 4.53. The molecule has 0 unspecified atom stereocenters. The van der Waals surface area contributed by atoms with E-state index in [0.29, 0.717) is 30.9 Å². The van der Waals surface area contributed by atoms with Gasteiger partial charge in [0, 0.05) is 19.1 Å². The molecule has 0 aromatic carbocycles. The molecule has 5 nitrogen and oxygen atoms in total. The number of thiocarbonyl (C=S) groups is 1. The maximum atomic E-state index is 12.0. The molecule has 0 saturated carbocycles. The normalized spacial score (nSPS) is 21.1. The first kappa shape index (κ1) is 16.2. The molecule has 1 aliphatic rings. The van der Waals surface area contributed by atoms with Gasteiger partial charge in [0.1, 0.15) is 0 Å². The molecule has 0 aromatic rings. The lowest BCUT2D eigenvalue weighted by Gasteiger charge is -2.39. The number of nitrogens with zero attached hydrogens (tertiary/aromatic N) is 1. The Kier molecular flexibility index (Phi) is 5.43. The Morgan fingerprint density at radius 2 is 1.94 bits per heavy atom. The van der Waals surface area contributed by atoms with E-state index in [1.165, 1.54) is 4.31 Å².